The molecule has 2 aromatic rings. The molecule has 0 bridgehead atoms. The predicted octanol–water partition coefficient (Wildman–Crippen LogP) is 2.48. The summed E-state index contributed by atoms with van der Waals surface area (Å²) < 4.78 is 2.28. The fourth-order valence-electron chi connectivity index (χ4n) is 2.59. The van der Waals surface area contributed by atoms with Crippen molar-refractivity contribution >= 4 is 11.3 Å². The topological polar surface area (TPSA) is 55.6 Å². The molecule has 20 heavy (non-hydrogen) atoms. The molecule has 6 heteroatoms. The molecule has 1 N–H and O–H groups in total. The highest BCUT2D eigenvalue weighted by Crippen LogP contribution is 2.19. The van der Waals surface area contributed by atoms with Crippen LogP contribution in [0.5, 0.6) is 0 Å². The molecule has 0 spiro atoms. The lowest BCUT2D eigenvalue weighted by Crippen LogP contribution is -2.23. The van der Waals surface area contributed by atoms with Gasteiger partial charge in [0.25, 0.3) is 0 Å². The Kier molecular flexibility index (Phi) is 4.12. The van der Waals surface area contributed by atoms with Gasteiger partial charge in [0.1, 0.15) is 11.6 Å². The molecule has 3 rings (SSSR count). The van der Waals surface area contributed by atoms with Gasteiger partial charge in [0.2, 0.25) is 0 Å². The van der Waals surface area contributed by atoms with Crippen molar-refractivity contribution in [3.05, 3.63) is 27.7 Å². The van der Waals surface area contributed by atoms with Crippen LogP contribution in [0, 0.1) is 0 Å². The van der Waals surface area contributed by atoms with Gasteiger partial charge in [-0.2, -0.15) is 0 Å². The Labute approximate surface area is 123 Å². The molecule has 0 aliphatic carbocycles. The van der Waals surface area contributed by atoms with Crippen LogP contribution in [-0.2, 0) is 25.9 Å². The van der Waals surface area contributed by atoms with Gasteiger partial charge in [-0.25, -0.2) is 4.98 Å². The first-order chi connectivity index (χ1) is 9.78. The first-order valence-corrected chi connectivity index (χ1v) is 8.24. The number of aryl methyl sites for hydroxylation is 2. The Morgan fingerprint density at radius 2 is 2.30 bits per heavy atom. The summed E-state index contributed by atoms with van der Waals surface area (Å²) in [6.07, 6.45) is 4.54. The maximum absolute atomic E-state index is 4.58. The van der Waals surface area contributed by atoms with Crippen LogP contribution in [0.4, 0.5) is 0 Å². The van der Waals surface area contributed by atoms with Gasteiger partial charge in [-0.1, -0.05) is 6.92 Å². The van der Waals surface area contributed by atoms with Gasteiger partial charge >= 0.3 is 0 Å². The molecule has 0 unspecified atom stereocenters. The molecule has 1 aliphatic rings. The van der Waals surface area contributed by atoms with Crippen LogP contribution < -0.4 is 5.32 Å². The molecular weight excluding hydrogens is 270 g/mol. The highest BCUT2D eigenvalue weighted by atomic mass is 32.1. The lowest BCUT2D eigenvalue weighted by Gasteiger charge is -2.18. The van der Waals surface area contributed by atoms with Crippen LogP contribution in [-0.4, -0.2) is 19.7 Å². The normalized spacial score (nSPS) is 16.1. The van der Waals surface area contributed by atoms with Crippen LogP contribution in [0.1, 0.15) is 55.1 Å². The third kappa shape index (κ3) is 2.76. The molecule has 1 aliphatic heterocycles. The highest BCUT2D eigenvalue weighted by molar-refractivity contribution is 7.09. The van der Waals surface area contributed by atoms with E-state index in [1.165, 1.54) is 17.8 Å². The monoisotopic (exact) mass is 291 g/mol. The van der Waals surface area contributed by atoms with E-state index in [9.17, 15) is 0 Å². The van der Waals surface area contributed by atoms with E-state index in [2.05, 4.69) is 44.3 Å². The fraction of sp³-hybridized carbons (Fsp3) is 0.643. The van der Waals surface area contributed by atoms with Crippen molar-refractivity contribution in [2.45, 2.75) is 58.7 Å². The highest BCUT2D eigenvalue weighted by Gasteiger charge is 2.19. The number of hydrogen-bond acceptors (Lipinski definition) is 5. The van der Waals surface area contributed by atoms with Gasteiger partial charge in [0, 0.05) is 24.9 Å². The Hall–Kier alpha value is -1.27. The van der Waals surface area contributed by atoms with Crippen molar-refractivity contribution in [3.8, 4) is 0 Å². The number of hydrogen-bond donors (Lipinski definition) is 1. The van der Waals surface area contributed by atoms with E-state index in [0.717, 1.165) is 43.3 Å². The third-order valence-electron chi connectivity index (χ3n) is 3.77. The van der Waals surface area contributed by atoms with E-state index in [-0.39, 0.29) is 6.04 Å². The number of thiazole rings is 1. The zero-order chi connectivity index (χ0) is 13.9. The van der Waals surface area contributed by atoms with Crippen molar-refractivity contribution in [2.75, 3.05) is 0 Å². The van der Waals surface area contributed by atoms with E-state index in [1.807, 2.05) is 0 Å². The second kappa shape index (κ2) is 6.01. The van der Waals surface area contributed by atoms with Crippen molar-refractivity contribution in [3.63, 3.8) is 0 Å². The van der Waals surface area contributed by atoms with Gasteiger partial charge in [0.15, 0.2) is 0 Å². The maximum atomic E-state index is 4.58. The standard InChI is InChI=1S/C14H21N5S/c1-3-13-16-11(9-20-13)8-15-10(2)14-18-17-12-6-4-5-7-19(12)14/h9-10,15H,3-8H2,1-2H3/t10-/m0/s1. The summed E-state index contributed by atoms with van der Waals surface area (Å²) in [4.78, 5) is 4.58. The molecule has 5 nitrogen and oxygen atoms in total. The van der Waals surface area contributed by atoms with Gasteiger partial charge in [-0.15, -0.1) is 21.5 Å². The minimum Gasteiger partial charge on any atom is -0.314 e. The molecule has 0 radical (unpaired) electrons. The molecule has 0 aromatic carbocycles. The van der Waals surface area contributed by atoms with E-state index >= 15 is 0 Å². The molecule has 0 amide bonds. The quantitative estimate of drug-likeness (QED) is 0.919. The number of nitrogens with one attached hydrogen (secondary N) is 1. The average Bonchev–Trinajstić information content (AvgIpc) is 3.11. The molecule has 3 heterocycles. The zero-order valence-corrected chi connectivity index (χ0v) is 12.9. The molecule has 0 fully saturated rings. The van der Waals surface area contributed by atoms with Crippen molar-refractivity contribution in [1.29, 1.82) is 0 Å². The van der Waals surface area contributed by atoms with Gasteiger partial charge in [-0.3, -0.25) is 0 Å². The maximum Gasteiger partial charge on any atom is 0.149 e. The summed E-state index contributed by atoms with van der Waals surface area (Å²) in [6.45, 7) is 6.14. The molecule has 0 saturated heterocycles. The smallest absolute Gasteiger partial charge is 0.149 e. The van der Waals surface area contributed by atoms with E-state index in [4.69, 9.17) is 0 Å². The third-order valence-corrected chi connectivity index (χ3v) is 4.81. The minimum absolute atomic E-state index is 0.209. The van der Waals surface area contributed by atoms with Crippen LogP contribution in [0.25, 0.3) is 0 Å². The number of nitrogens with zero attached hydrogens (tertiary/aromatic N) is 4. The van der Waals surface area contributed by atoms with Gasteiger partial charge in [0.05, 0.1) is 16.7 Å². The number of aromatic nitrogens is 4. The molecule has 1 atom stereocenters. The fourth-order valence-corrected chi connectivity index (χ4v) is 3.34. The number of fused-ring (bicyclic) bond motifs is 1. The SMILES string of the molecule is CCc1nc(CN[C@@H](C)c2nnc3n2CCCC3)cs1. The predicted molar refractivity (Wildman–Crippen MR) is 79.7 cm³/mol. The average molecular weight is 291 g/mol. The molecule has 108 valence electrons. The van der Waals surface area contributed by atoms with Crippen LogP contribution >= 0.6 is 11.3 Å². The summed E-state index contributed by atoms with van der Waals surface area (Å²) in [5.41, 5.74) is 1.12. The zero-order valence-electron chi connectivity index (χ0n) is 12.1. The molecular formula is C14H21N5S. The second-order valence-electron chi connectivity index (χ2n) is 5.27. The lowest BCUT2D eigenvalue weighted by atomic mass is 10.1. The van der Waals surface area contributed by atoms with Crippen molar-refractivity contribution in [1.82, 2.24) is 25.1 Å². The summed E-state index contributed by atoms with van der Waals surface area (Å²) >= 11 is 1.74. The van der Waals surface area contributed by atoms with E-state index in [0.29, 0.717) is 0 Å². The minimum atomic E-state index is 0.209. The Bertz CT molecular complexity index is 574. The summed E-state index contributed by atoms with van der Waals surface area (Å²) in [6, 6.07) is 0.209. The molecule has 0 saturated carbocycles. The Morgan fingerprint density at radius 3 is 3.10 bits per heavy atom. The molecule has 2 aromatic heterocycles. The summed E-state index contributed by atoms with van der Waals surface area (Å²) in [5, 5.41) is 15.5. The Morgan fingerprint density at radius 1 is 1.40 bits per heavy atom. The van der Waals surface area contributed by atoms with Crippen molar-refractivity contribution in [2.24, 2.45) is 0 Å². The second-order valence-corrected chi connectivity index (χ2v) is 6.21. The van der Waals surface area contributed by atoms with Gasteiger partial charge in [-0.05, 0) is 26.2 Å². The van der Waals surface area contributed by atoms with Crippen LogP contribution in [0.15, 0.2) is 5.38 Å². The summed E-state index contributed by atoms with van der Waals surface area (Å²) in [5.74, 6) is 2.20. The first kappa shape index (κ1) is 13.7. The van der Waals surface area contributed by atoms with Crippen LogP contribution in [0.2, 0.25) is 0 Å². The summed E-state index contributed by atoms with van der Waals surface area (Å²) in [7, 11) is 0. The largest absolute Gasteiger partial charge is 0.314 e. The first-order valence-electron chi connectivity index (χ1n) is 7.36. The van der Waals surface area contributed by atoms with Crippen molar-refractivity contribution < 1.29 is 0 Å². The van der Waals surface area contributed by atoms with E-state index in [1.54, 1.807) is 11.3 Å². The Balaban J connectivity index is 1.64. The van der Waals surface area contributed by atoms with Crippen LogP contribution in [0.3, 0.4) is 0 Å². The lowest BCUT2D eigenvalue weighted by molar-refractivity contribution is 0.464. The van der Waals surface area contributed by atoms with E-state index < -0.39 is 0 Å². The van der Waals surface area contributed by atoms with Gasteiger partial charge < -0.3 is 9.88 Å². The number of rotatable bonds is 5.